The Bertz CT molecular complexity index is 1130. The van der Waals surface area contributed by atoms with Gasteiger partial charge in [-0.15, -0.1) is 0 Å². The van der Waals surface area contributed by atoms with Crippen molar-refractivity contribution >= 4 is 17.5 Å². The first kappa shape index (κ1) is 35.6. The molecule has 5 rings (SSSR count). The molecule has 0 aromatic rings. The molecule has 8 N–H and O–H groups in total. The summed E-state index contributed by atoms with van der Waals surface area (Å²) in [7, 11) is 2.06. The van der Waals surface area contributed by atoms with Crippen molar-refractivity contribution in [1.82, 2.24) is 5.32 Å². The average molecular weight is 648 g/mol. The van der Waals surface area contributed by atoms with Crippen LogP contribution in [0.2, 0.25) is 0 Å². The lowest BCUT2D eigenvalue weighted by molar-refractivity contribution is -0.716. The molecular weight excluding hydrogens is 584 g/mol. The number of allylic oxidation sites excluding steroid dienone is 1. The van der Waals surface area contributed by atoms with Gasteiger partial charge in [0.25, 0.3) is 5.60 Å². The molecule has 10 heteroatoms. The number of carbonyl (C=O) groups excluding carboxylic acids is 3. The third-order valence-electron chi connectivity index (χ3n) is 12.4. The quantitative estimate of drug-likeness (QED) is 0.0563. The van der Waals surface area contributed by atoms with Gasteiger partial charge in [0.1, 0.15) is 12.8 Å². The van der Waals surface area contributed by atoms with Crippen LogP contribution in [-0.4, -0.2) is 86.1 Å². The highest BCUT2D eigenvalue weighted by Crippen LogP contribution is 2.62. The van der Waals surface area contributed by atoms with E-state index in [1.807, 2.05) is 6.92 Å². The van der Waals surface area contributed by atoms with Gasteiger partial charge in [0.15, 0.2) is 17.2 Å². The Labute approximate surface area is 275 Å². The number of esters is 1. The number of fused-ring (bicyclic) bond motifs is 2. The fraction of sp³-hybridized carbons (Fsp3) is 0.861. The second-order valence-electron chi connectivity index (χ2n) is 15.2. The Morgan fingerprint density at radius 3 is 2.52 bits per heavy atom. The number of nitrogens with one attached hydrogen (secondary N) is 1. The Morgan fingerprint density at radius 2 is 1.83 bits per heavy atom. The van der Waals surface area contributed by atoms with E-state index in [4.69, 9.17) is 9.47 Å². The number of rotatable bonds is 15. The van der Waals surface area contributed by atoms with Gasteiger partial charge in [0.2, 0.25) is 0 Å². The largest absolute Gasteiger partial charge is 0.463 e. The van der Waals surface area contributed by atoms with Gasteiger partial charge in [-0.05, 0) is 82.6 Å². The maximum absolute atomic E-state index is 14.3. The number of piperidine rings is 1. The van der Waals surface area contributed by atoms with Crippen LogP contribution in [-0.2, 0) is 23.9 Å². The second kappa shape index (κ2) is 15.7. The highest BCUT2D eigenvalue weighted by Gasteiger charge is 2.87. The van der Waals surface area contributed by atoms with Crippen LogP contribution in [0.4, 0.5) is 0 Å². The van der Waals surface area contributed by atoms with Crippen molar-refractivity contribution in [3.8, 4) is 0 Å². The molecule has 9 atom stereocenters. The van der Waals surface area contributed by atoms with E-state index in [0.717, 1.165) is 88.7 Å². The van der Waals surface area contributed by atoms with Crippen molar-refractivity contribution in [3.63, 3.8) is 0 Å². The van der Waals surface area contributed by atoms with Gasteiger partial charge >= 0.3 is 5.97 Å². The van der Waals surface area contributed by atoms with Crippen LogP contribution in [0, 0.1) is 29.6 Å². The third kappa shape index (κ3) is 7.03. The molecule has 0 aromatic carbocycles. The number of hydrogen-bond acceptors (Lipinski definition) is 7. The van der Waals surface area contributed by atoms with Gasteiger partial charge in [-0.1, -0.05) is 31.8 Å². The molecule has 3 saturated carbocycles. The molecule has 0 aromatic heterocycles. The van der Waals surface area contributed by atoms with Crippen LogP contribution in [0.15, 0.2) is 11.1 Å². The molecule has 10 nitrogen and oxygen atoms in total. The number of quaternary nitrogens is 3. The number of epoxide rings is 1. The number of ether oxygens (including phenoxy) is 2. The van der Waals surface area contributed by atoms with Gasteiger partial charge < -0.3 is 30.5 Å². The Kier molecular flexibility index (Phi) is 12.1. The predicted octanol–water partition coefficient (Wildman–Crippen LogP) is 0.293. The number of aliphatic hydroxyl groups is 1. The minimum absolute atomic E-state index is 0.0841. The number of carbonyl (C=O) groups is 3. The Morgan fingerprint density at radius 1 is 1.07 bits per heavy atom. The molecule has 2 aliphatic heterocycles. The number of ketones is 2. The van der Waals surface area contributed by atoms with Crippen molar-refractivity contribution in [2.75, 3.05) is 40.0 Å². The molecule has 3 aliphatic carbocycles. The van der Waals surface area contributed by atoms with Crippen molar-refractivity contribution in [2.45, 2.75) is 128 Å². The summed E-state index contributed by atoms with van der Waals surface area (Å²) in [6.45, 7) is 9.40. The van der Waals surface area contributed by atoms with Crippen LogP contribution < -0.4 is 21.3 Å². The topological polar surface area (TPSA) is 155 Å². The lowest BCUT2D eigenvalue weighted by Crippen LogP contribution is -2.97. The number of nitrogens with two attached hydrogens (primary N) is 3. The summed E-state index contributed by atoms with van der Waals surface area (Å²) < 4.78 is 12.3. The molecule has 260 valence electrons. The van der Waals surface area contributed by atoms with Crippen LogP contribution >= 0.6 is 0 Å². The molecule has 0 radical (unpaired) electrons. The Balaban J connectivity index is 1.33. The number of hydrogen-bond donors (Lipinski definition) is 5. The first-order valence-corrected chi connectivity index (χ1v) is 18.7. The SMILES string of the molecule is CC[NH2+]C1CCC(CC)CC1COC(=O)C12OC1(CC(CO)=C(C)CCC1CC[NH2+]C(NC[NH2+]C)C1)C(=O)C1CCCCC1C2=O. The minimum Gasteiger partial charge on any atom is -0.463 e. The van der Waals surface area contributed by atoms with E-state index in [-0.39, 0.29) is 37.1 Å². The summed E-state index contributed by atoms with van der Waals surface area (Å²) in [5.74, 6) is -0.554. The van der Waals surface area contributed by atoms with Crippen LogP contribution in [0.5, 0.6) is 0 Å². The zero-order valence-corrected chi connectivity index (χ0v) is 29.0. The van der Waals surface area contributed by atoms with E-state index in [1.54, 1.807) is 0 Å². The highest BCUT2D eigenvalue weighted by molar-refractivity contribution is 6.23. The van der Waals surface area contributed by atoms with Crippen molar-refractivity contribution < 1.29 is 44.9 Å². The fourth-order valence-corrected chi connectivity index (χ4v) is 9.47. The van der Waals surface area contributed by atoms with Crippen molar-refractivity contribution in [2.24, 2.45) is 29.6 Å². The van der Waals surface area contributed by atoms with Crippen LogP contribution in [0.3, 0.4) is 0 Å². The smallest absolute Gasteiger partial charge is 0.350 e. The second-order valence-corrected chi connectivity index (χ2v) is 15.2. The summed E-state index contributed by atoms with van der Waals surface area (Å²) >= 11 is 0. The van der Waals surface area contributed by atoms with Gasteiger partial charge in [-0.25, -0.2) is 10.1 Å². The molecule has 2 heterocycles. The van der Waals surface area contributed by atoms with Crippen molar-refractivity contribution in [1.29, 1.82) is 0 Å². The lowest BCUT2D eigenvalue weighted by Gasteiger charge is -2.37. The standard InChI is InChI=1S/C36H60N4O6/c1-5-24-13-14-30(38-6-2)26(17-24)21-45-34(44)36-33(43)29-10-8-7-9-28(29)32(42)35(36,46-36)19-27(20-41)23(3)11-12-25-15-16-39-31(18-25)40-22-37-4/h24-26,28-31,37-41H,5-22H2,1-4H3/p+3. The summed E-state index contributed by atoms with van der Waals surface area (Å²) in [6, 6.07) is 0.388. The molecule has 2 saturated heterocycles. The van der Waals surface area contributed by atoms with E-state index in [9.17, 15) is 19.5 Å². The van der Waals surface area contributed by atoms with Gasteiger partial charge in [0.05, 0.1) is 39.4 Å². The maximum Gasteiger partial charge on any atom is 0.350 e. The van der Waals surface area contributed by atoms with E-state index in [0.29, 0.717) is 36.9 Å². The number of aliphatic hydroxyl groups excluding tert-OH is 1. The summed E-state index contributed by atoms with van der Waals surface area (Å²) in [4.78, 5) is 42.6. The van der Waals surface area contributed by atoms with E-state index in [2.05, 4.69) is 42.2 Å². The molecular formula is C36H63N4O6+3. The molecule has 0 spiro atoms. The first-order valence-electron chi connectivity index (χ1n) is 18.7. The van der Waals surface area contributed by atoms with Crippen LogP contribution in [0.1, 0.15) is 104 Å². The molecule has 5 aliphatic rings. The van der Waals surface area contributed by atoms with E-state index in [1.165, 1.54) is 6.42 Å². The van der Waals surface area contributed by atoms with Gasteiger partial charge in [-0.3, -0.25) is 9.59 Å². The molecule has 0 bridgehead atoms. The minimum atomic E-state index is -1.87. The fourth-order valence-electron chi connectivity index (χ4n) is 9.47. The first-order chi connectivity index (χ1) is 22.2. The third-order valence-corrected chi connectivity index (χ3v) is 12.4. The highest BCUT2D eigenvalue weighted by atomic mass is 16.7. The van der Waals surface area contributed by atoms with Gasteiger partial charge in [-0.2, -0.15) is 0 Å². The molecule has 9 unspecified atom stereocenters. The molecule has 46 heavy (non-hydrogen) atoms. The van der Waals surface area contributed by atoms with E-state index < -0.39 is 29.0 Å². The van der Waals surface area contributed by atoms with E-state index >= 15 is 0 Å². The lowest BCUT2D eigenvalue weighted by atomic mass is 9.60. The summed E-state index contributed by atoms with van der Waals surface area (Å²) in [5.41, 5.74) is -1.68. The Hall–Kier alpha value is -1.69. The van der Waals surface area contributed by atoms with Crippen LogP contribution in [0.25, 0.3) is 0 Å². The monoisotopic (exact) mass is 647 g/mol. The zero-order valence-electron chi connectivity index (χ0n) is 29.0. The van der Waals surface area contributed by atoms with Crippen molar-refractivity contribution in [3.05, 3.63) is 11.1 Å². The summed E-state index contributed by atoms with van der Waals surface area (Å²) in [6.07, 6.45) is 12.0. The molecule has 5 fully saturated rings. The normalized spacial score (nSPS) is 38.1. The average Bonchev–Trinajstić information content (AvgIpc) is 3.79. The predicted molar refractivity (Wildman–Crippen MR) is 173 cm³/mol. The summed E-state index contributed by atoms with van der Waals surface area (Å²) in [5, 5.41) is 21.0. The maximum atomic E-state index is 14.3. The zero-order chi connectivity index (χ0) is 32.9. The number of Topliss-reactive ketones (excluding diaryl/α,β-unsaturated/α-hetero) is 2. The van der Waals surface area contributed by atoms with Gasteiger partial charge in [0, 0.05) is 30.6 Å². The molecule has 0 amide bonds.